The minimum absolute atomic E-state index is 0.0506. The number of pyridine rings is 1. The zero-order chi connectivity index (χ0) is 13.5. The fraction of sp³-hybridized carbons (Fsp3) is 0.333. The minimum atomic E-state index is -4.73. The van der Waals surface area contributed by atoms with Gasteiger partial charge in [-0.15, -0.1) is 3.89 Å². The second kappa shape index (κ2) is 4.75. The van der Waals surface area contributed by atoms with E-state index in [9.17, 15) is 17.1 Å². The Labute approximate surface area is 116 Å². The van der Waals surface area contributed by atoms with Gasteiger partial charge in [0, 0.05) is 13.0 Å². The zero-order valence-corrected chi connectivity index (χ0v) is 12.0. The number of hydrogen-bond acceptors (Lipinski definition) is 4. The van der Waals surface area contributed by atoms with E-state index >= 15 is 0 Å². The van der Waals surface area contributed by atoms with Gasteiger partial charge in [0.25, 0.3) is 0 Å². The Morgan fingerprint density at radius 2 is 2.17 bits per heavy atom. The smallest absolute Gasteiger partial charge is 0.307 e. The van der Waals surface area contributed by atoms with Gasteiger partial charge in [-0.05, 0) is 28.1 Å². The van der Waals surface area contributed by atoms with Crippen LogP contribution in [-0.2, 0) is 15.0 Å². The molecule has 0 spiro atoms. The highest BCUT2D eigenvalue weighted by molar-refractivity contribution is 9.10. The van der Waals surface area contributed by atoms with E-state index < -0.39 is 21.4 Å². The second-order valence-electron chi connectivity index (χ2n) is 3.75. The molecular formula is C9H7BrClFN2O3S. The van der Waals surface area contributed by atoms with Crippen LogP contribution in [0.2, 0.25) is 5.15 Å². The minimum Gasteiger partial charge on any atom is -0.308 e. The fourth-order valence-electron chi connectivity index (χ4n) is 1.70. The van der Waals surface area contributed by atoms with Gasteiger partial charge in [0.2, 0.25) is 5.91 Å². The summed E-state index contributed by atoms with van der Waals surface area (Å²) < 4.78 is 34.9. The van der Waals surface area contributed by atoms with Crippen molar-refractivity contribution in [3.63, 3.8) is 0 Å². The molecule has 0 N–H and O–H groups in total. The van der Waals surface area contributed by atoms with Crippen LogP contribution < -0.4 is 4.90 Å². The monoisotopic (exact) mass is 356 g/mol. The molecule has 2 heterocycles. The number of nitrogens with zero attached hydrogens (tertiary/aromatic N) is 2. The first-order valence-corrected chi connectivity index (χ1v) is 7.46. The Hall–Kier alpha value is -0.730. The quantitative estimate of drug-likeness (QED) is 0.599. The van der Waals surface area contributed by atoms with Crippen molar-refractivity contribution in [2.75, 3.05) is 11.4 Å². The van der Waals surface area contributed by atoms with Crippen molar-refractivity contribution in [2.45, 2.75) is 11.7 Å². The number of aromatic nitrogens is 1. The largest absolute Gasteiger partial charge is 0.308 e. The van der Waals surface area contributed by atoms with Crippen molar-refractivity contribution in [1.29, 1.82) is 0 Å². The van der Waals surface area contributed by atoms with E-state index in [2.05, 4.69) is 20.9 Å². The average molecular weight is 358 g/mol. The Morgan fingerprint density at radius 3 is 2.67 bits per heavy atom. The maximum Gasteiger partial charge on any atom is 0.307 e. The van der Waals surface area contributed by atoms with Crippen LogP contribution in [0, 0.1) is 0 Å². The summed E-state index contributed by atoms with van der Waals surface area (Å²) in [5.41, 5.74) is 0.274. The number of halogens is 3. The topological polar surface area (TPSA) is 67.3 Å². The van der Waals surface area contributed by atoms with Crippen molar-refractivity contribution >= 4 is 49.3 Å². The van der Waals surface area contributed by atoms with E-state index in [4.69, 9.17) is 11.6 Å². The Kier molecular flexibility index (Phi) is 3.61. The Bertz CT molecular complexity index is 610. The van der Waals surface area contributed by atoms with E-state index in [-0.39, 0.29) is 23.8 Å². The first-order chi connectivity index (χ1) is 8.29. The van der Waals surface area contributed by atoms with Gasteiger partial charge in [0.05, 0.1) is 5.69 Å². The standard InChI is InChI=1S/C9H7BrClFN2O3S/c10-7-2-1-6(9(11)13-7)14-4-5(3-8(14)15)18(12,16)17/h1-2,5H,3-4H2. The zero-order valence-electron chi connectivity index (χ0n) is 8.81. The molecule has 1 aromatic heterocycles. The van der Waals surface area contributed by atoms with Crippen molar-refractivity contribution in [2.24, 2.45) is 0 Å². The van der Waals surface area contributed by atoms with Crippen molar-refractivity contribution < 1.29 is 17.1 Å². The van der Waals surface area contributed by atoms with Crippen LogP contribution in [0.25, 0.3) is 0 Å². The van der Waals surface area contributed by atoms with Crippen LogP contribution in [0.15, 0.2) is 16.7 Å². The van der Waals surface area contributed by atoms with Gasteiger partial charge in [-0.25, -0.2) is 4.98 Å². The van der Waals surface area contributed by atoms with Crippen LogP contribution in [0.4, 0.5) is 9.57 Å². The van der Waals surface area contributed by atoms with Crippen LogP contribution in [-0.4, -0.2) is 31.1 Å². The number of rotatable bonds is 2. The highest BCUT2D eigenvalue weighted by atomic mass is 79.9. The molecule has 1 fully saturated rings. The highest BCUT2D eigenvalue weighted by Gasteiger charge is 2.39. The molecule has 98 valence electrons. The molecule has 9 heteroatoms. The number of carbonyl (C=O) groups excluding carboxylic acids is 1. The lowest BCUT2D eigenvalue weighted by Gasteiger charge is -2.16. The third-order valence-electron chi connectivity index (χ3n) is 2.57. The molecule has 0 saturated carbocycles. The van der Waals surface area contributed by atoms with Crippen LogP contribution in [0.3, 0.4) is 0 Å². The fourth-order valence-corrected chi connectivity index (χ4v) is 3.04. The number of hydrogen-bond donors (Lipinski definition) is 0. The van der Waals surface area contributed by atoms with E-state index in [0.29, 0.717) is 4.60 Å². The van der Waals surface area contributed by atoms with Crippen molar-refractivity contribution in [3.05, 3.63) is 21.9 Å². The summed E-state index contributed by atoms with van der Waals surface area (Å²) in [4.78, 5) is 16.7. The summed E-state index contributed by atoms with van der Waals surface area (Å²) in [6.07, 6.45) is -0.384. The molecule has 2 rings (SSSR count). The van der Waals surface area contributed by atoms with Crippen molar-refractivity contribution in [1.82, 2.24) is 4.98 Å². The molecule has 1 unspecified atom stereocenters. The van der Waals surface area contributed by atoms with Gasteiger partial charge >= 0.3 is 10.2 Å². The van der Waals surface area contributed by atoms with E-state index in [1.807, 2.05) is 0 Å². The van der Waals surface area contributed by atoms with Gasteiger partial charge in [-0.1, -0.05) is 11.6 Å². The average Bonchev–Trinajstić information content (AvgIpc) is 2.60. The summed E-state index contributed by atoms with van der Waals surface area (Å²) in [6, 6.07) is 3.08. The Morgan fingerprint density at radius 1 is 1.50 bits per heavy atom. The molecule has 0 bridgehead atoms. The molecular weight excluding hydrogens is 351 g/mol. The van der Waals surface area contributed by atoms with E-state index in [1.54, 1.807) is 6.07 Å². The number of amides is 1. The van der Waals surface area contributed by atoms with Crippen LogP contribution in [0.1, 0.15) is 6.42 Å². The molecule has 1 aliphatic rings. The maximum absolute atomic E-state index is 12.9. The third-order valence-corrected chi connectivity index (χ3v) is 4.41. The summed E-state index contributed by atoms with van der Waals surface area (Å²) in [5.74, 6) is -0.493. The van der Waals surface area contributed by atoms with E-state index in [1.165, 1.54) is 6.07 Å². The third kappa shape index (κ3) is 2.65. The molecule has 1 aliphatic heterocycles. The molecule has 5 nitrogen and oxygen atoms in total. The van der Waals surface area contributed by atoms with Crippen LogP contribution in [0.5, 0.6) is 0 Å². The lowest BCUT2D eigenvalue weighted by Crippen LogP contribution is -2.27. The lowest BCUT2D eigenvalue weighted by molar-refractivity contribution is -0.117. The summed E-state index contributed by atoms with van der Waals surface area (Å²) in [5, 5.41) is -1.29. The van der Waals surface area contributed by atoms with Gasteiger partial charge in [0.1, 0.15) is 9.85 Å². The normalized spacial score (nSPS) is 20.5. The SMILES string of the molecule is O=C1CC(S(=O)(=O)F)CN1c1ccc(Br)nc1Cl. The molecule has 18 heavy (non-hydrogen) atoms. The summed E-state index contributed by atoms with van der Waals surface area (Å²) in [6.45, 7) is -0.249. The molecule has 0 aliphatic carbocycles. The molecule has 1 atom stereocenters. The van der Waals surface area contributed by atoms with Gasteiger partial charge in [-0.3, -0.25) is 4.79 Å². The summed E-state index contributed by atoms with van der Waals surface area (Å²) in [7, 11) is -4.73. The highest BCUT2D eigenvalue weighted by Crippen LogP contribution is 2.31. The lowest BCUT2D eigenvalue weighted by atomic mass is 10.4. The predicted molar refractivity (Wildman–Crippen MR) is 67.7 cm³/mol. The first kappa shape index (κ1) is 13.7. The molecule has 0 aromatic carbocycles. The van der Waals surface area contributed by atoms with Crippen molar-refractivity contribution in [3.8, 4) is 0 Å². The molecule has 0 radical (unpaired) electrons. The Balaban J connectivity index is 2.33. The maximum atomic E-state index is 12.9. The predicted octanol–water partition coefficient (Wildman–Crippen LogP) is 1.90. The van der Waals surface area contributed by atoms with Crippen LogP contribution >= 0.6 is 27.5 Å². The van der Waals surface area contributed by atoms with Gasteiger partial charge in [-0.2, -0.15) is 8.42 Å². The molecule has 1 saturated heterocycles. The van der Waals surface area contributed by atoms with Gasteiger partial charge < -0.3 is 4.90 Å². The number of carbonyl (C=O) groups is 1. The first-order valence-electron chi connectivity index (χ1n) is 4.85. The number of anilines is 1. The molecule has 1 aromatic rings. The van der Waals surface area contributed by atoms with Gasteiger partial charge in [0.15, 0.2) is 5.15 Å². The van der Waals surface area contributed by atoms with E-state index in [0.717, 1.165) is 4.90 Å². The second-order valence-corrected chi connectivity index (χ2v) is 6.54. The summed E-state index contributed by atoms with van der Waals surface area (Å²) >= 11 is 8.97. The molecule has 1 amide bonds.